The van der Waals surface area contributed by atoms with Gasteiger partial charge in [-0.3, -0.25) is 9.69 Å². The molecule has 30 heavy (non-hydrogen) atoms. The molecule has 3 aromatic rings. The Morgan fingerprint density at radius 3 is 2.80 bits per heavy atom. The maximum absolute atomic E-state index is 12.9. The highest BCUT2D eigenvalue weighted by atomic mass is 16.5. The molecule has 0 bridgehead atoms. The van der Waals surface area contributed by atoms with Gasteiger partial charge in [0.2, 0.25) is 5.91 Å². The second-order valence-corrected chi connectivity index (χ2v) is 8.66. The molecule has 0 aliphatic carbocycles. The summed E-state index contributed by atoms with van der Waals surface area (Å²) in [5.74, 6) is 1.22. The zero-order chi connectivity index (χ0) is 20.5. The van der Waals surface area contributed by atoms with Crippen molar-refractivity contribution in [2.24, 2.45) is 11.8 Å². The number of hydrogen-bond donors (Lipinski definition) is 1. The van der Waals surface area contributed by atoms with Crippen LogP contribution in [0.15, 0.2) is 60.8 Å². The molecule has 3 heterocycles. The number of likely N-dealkylation sites (tertiary alicyclic amines) is 2. The summed E-state index contributed by atoms with van der Waals surface area (Å²) >= 11 is 0. The summed E-state index contributed by atoms with van der Waals surface area (Å²) in [6, 6.07) is 19.5. The van der Waals surface area contributed by atoms with Crippen LogP contribution in [0.5, 0.6) is 0 Å². The maximum atomic E-state index is 12.9. The van der Waals surface area contributed by atoms with E-state index in [0.717, 1.165) is 26.2 Å². The highest BCUT2D eigenvalue weighted by molar-refractivity contribution is 5.80. The van der Waals surface area contributed by atoms with E-state index in [1.807, 2.05) is 12.3 Å². The van der Waals surface area contributed by atoms with Crippen molar-refractivity contribution in [1.82, 2.24) is 14.8 Å². The Bertz CT molecular complexity index is 1020. The number of carbonyl (C=O) groups is 1. The quantitative estimate of drug-likeness (QED) is 0.680. The van der Waals surface area contributed by atoms with E-state index in [4.69, 9.17) is 4.74 Å². The topological polar surface area (TPSA) is 48.6 Å². The Hall–Kier alpha value is -2.63. The van der Waals surface area contributed by atoms with Crippen LogP contribution in [-0.4, -0.2) is 54.0 Å². The van der Waals surface area contributed by atoms with Crippen molar-refractivity contribution in [3.8, 4) is 0 Å². The Morgan fingerprint density at radius 2 is 1.97 bits per heavy atom. The fraction of sp³-hybridized carbons (Fsp3) is 0.400. The molecular formula is C25H29N3O2. The number of ether oxygens (including phenoxy) is 1. The van der Waals surface area contributed by atoms with Crippen LogP contribution in [0.3, 0.4) is 0 Å². The lowest BCUT2D eigenvalue weighted by Gasteiger charge is -2.30. The number of H-pyrrole nitrogens is 1. The molecule has 2 aliphatic heterocycles. The van der Waals surface area contributed by atoms with Gasteiger partial charge in [0.05, 0.1) is 19.1 Å². The number of methoxy groups -OCH3 is 1. The molecule has 5 nitrogen and oxygen atoms in total. The first-order valence-electron chi connectivity index (χ1n) is 10.8. The number of aromatic amines is 1. The standard InChI is InChI=1S/C25H29N3O2/c1-30-12-10-24(29)28-16-21-15-27(14-18-7-8-19-9-11-26-23(19)13-18)17-22(21)25(28)20-5-3-2-4-6-20/h2-9,11,13,21-22,25-26H,10,12,14-17H2,1H3/t21-,22-,25-/m0/s1. The van der Waals surface area contributed by atoms with Crippen molar-refractivity contribution in [2.75, 3.05) is 33.4 Å². The van der Waals surface area contributed by atoms with E-state index in [1.54, 1.807) is 7.11 Å². The summed E-state index contributed by atoms with van der Waals surface area (Å²) in [4.78, 5) is 20.9. The summed E-state index contributed by atoms with van der Waals surface area (Å²) in [6.07, 6.45) is 2.45. The summed E-state index contributed by atoms with van der Waals surface area (Å²) in [7, 11) is 1.66. The number of rotatable bonds is 6. The SMILES string of the molecule is COCCC(=O)N1C[C@@H]2CN(Cc3ccc4cc[nH]c4c3)C[C@@H]2[C@@H]1c1ccccc1. The molecule has 1 aromatic heterocycles. The molecule has 5 heteroatoms. The second-order valence-electron chi connectivity index (χ2n) is 8.66. The van der Waals surface area contributed by atoms with Gasteiger partial charge in [0.1, 0.15) is 0 Å². The van der Waals surface area contributed by atoms with Gasteiger partial charge in [-0.05, 0) is 34.6 Å². The van der Waals surface area contributed by atoms with Gasteiger partial charge < -0.3 is 14.6 Å². The third kappa shape index (κ3) is 3.64. The molecule has 0 spiro atoms. The van der Waals surface area contributed by atoms with Gasteiger partial charge in [0, 0.05) is 50.9 Å². The van der Waals surface area contributed by atoms with Gasteiger partial charge in [-0.25, -0.2) is 0 Å². The van der Waals surface area contributed by atoms with E-state index < -0.39 is 0 Å². The van der Waals surface area contributed by atoms with Gasteiger partial charge in [-0.2, -0.15) is 0 Å². The van der Waals surface area contributed by atoms with E-state index in [0.29, 0.717) is 24.9 Å². The van der Waals surface area contributed by atoms with Crippen LogP contribution < -0.4 is 0 Å². The van der Waals surface area contributed by atoms with Crippen molar-refractivity contribution >= 4 is 16.8 Å². The van der Waals surface area contributed by atoms with Crippen LogP contribution in [0.2, 0.25) is 0 Å². The smallest absolute Gasteiger partial charge is 0.225 e. The third-order valence-electron chi connectivity index (χ3n) is 6.75. The number of hydrogen-bond acceptors (Lipinski definition) is 3. The van der Waals surface area contributed by atoms with Crippen molar-refractivity contribution in [3.63, 3.8) is 0 Å². The molecule has 0 radical (unpaired) electrons. The van der Waals surface area contributed by atoms with E-state index in [-0.39, 0.29) is 11.9 Å². The first-order chi connectivity index (χ1) is 14.7. The molecular weight excluding hydrogens is 374 g/mol. The minimum atomic E-state index is 0.163. The lowest BCUT2D eigenvalue weighted by Crippen LogP contribution is -2.36. The highest BCUT2D eigenvalue weighted by Gasteiger charge is 2.48. The zero-order valence-electron chi connectivity index (χ0n) is 17.5. The molecule has 1 N–H and O–H groups in total. The third-order valence-corrected chi connectivity index (χ3v) is 6.75. The normalized spacial score (nSPS) is 23.9. The number of carbonyl (C=O) groups excluding carboxylic acids is 1. The molecule has 0 saturated carbocycles. The fourth-order valence-corrected chi connectivity index (χ4v) is 5.38. The van der Waals surface area contributed by atoms with Crippen LogP contribution in [-0.2, 0) is 16.1 Å². The number of aromatic nitrogens is 1. The van der Waals surface area contributed by atoms with Gasteiger partial charge >= 0.3 is 0 Å². The Kier molecular flexibility index (Phi) is 5.32. The average Bonchev–Trinajstić information content (AvgIpc) is 3.46. The lowest BCUT2D eigenvalue weighted by molar-refractivity contribution is -0.133. The Balaban J connectivity index is 1.34. The van der Waals surface area contributed by atoms with Crippen molar-refractivity contribution in [3.05, 3.63) is 71.9 Å². The zero-order valence-corrected chi connectivity index (χ0v) is 17.5. The summed E-state index contributed by atoms with van der Waals surface area (Å²) in [5, 5.41) is 1.26. The van der Waals surface area contributed by atoms with Crippen molar-refractivity contribution < 1.29 is 9.53 Å². The van der Waals surface area contributed by atoms with Crippen LogP contribution >= 0.6 is 0 Å². The highest BCUT2D eigenvalue weighted by Crippen LogP contribution is 2.45. The van der Waals surface area contributed by atoms with Gasteiger partial charge in [0.25, 0.3) is 0 Å². The minimum absolute atomic E-state index is 0.163. The largest absolute Gasteiger partial charge is 0.384 e. The minimum Gasteiger partial charge on any atom is -0.384 e. The summed E-state index contributed by atoms with van der Waals surface area (Å²) < 4.78 is 5.16. The average molecular weight is 404 g/mol. The van der Waals surface area contributed by atoms with E-state index >= 15 is 0 Å². The Labute approximate surface area is 177 Å². The van der Waals surface area contributed by atoms with E-state index in [1.165, 1.54) is 22.0 Å². The second kappa shape index (κ2) is 8.25. The molecule has 2 saturated heterocycles. The number of benzene rings is 2. The van der Waals surface area contributed by atoms with Crippen LogP contribution in [0, 0.1) is 11.8 Å². The number of nitrogens with one attached hydrogen (secondary N) is 1. The molecule has 0 unspecified atom stereocenters. The van der Waals surface area contributed by atoms with Gasteiger partial charge in [-0.1, -0.05) is 42.5 Å². The molecule has 156 valence electrons. The number of nitrogens with zero attached hydrogens (tertiary/aromatic N) is 2. The molecule has 2 fully saturated rings. The van der Waals surface area contributed by atoms with Crippen LogP contribution in [0.4, 0.5) is 0 Å². The lowest BCUT2D eigenvalue weighted by atomic mass is 9.89. The molecule has 2 aromatic carbocycles. The van der Waals surface area contributed by atoms with Crippen LogP contribution in [0.1, 0.15) is 23.6 Å². The predicted octanol–water partition coefficient (Wildman–Crippen LogP) is 3.84. The van der Waals surface area contributed by atoms with E-state index in [9.17, 15) is 4.79 Å². The number of fused-ring (bicyclic) bond motifs is 2. The first-order valence-corrected chi connectivity index (χ1v) is 10.8. The van der Waals surface area contributed by atoms with Crippen molar-refractivity contribution in [2.45, 2.75) is 19.0 Å². The molecule has 5 rings (SSSR count). The summed E-state index contributed by atoms with van der Waals surface area (Å²) in [5.41, 5.74) is 3.80. The first kappa shape index (κ1) is 19.3. The number of amides is 1. The molecule has 3 atom stereocenters. The van der Waals surface area contributed by atoms with E-state index in [2.05, 4.69) is 63.3 Å². The predicted molar refractivity (Wildman–Crippen MR) is 118 cm³/mol. The fourth-order valence-electron chi connectivity index (χ4n) is 5.38. The summed E-state index contributed by atoms with van der Waals surface area (Å²) in [6.45, 7) is 4.37. The monoisotopic (exact) mass is 403 g/mol. The van der Waals surface area contributed by atoms with Crippen molar-refractivity contribution in [1.29, 1.82) is 0 Å². The Morgan fingerprint density at radius 1 is 1.10 bits per heavy atom. The van der Waals surface area contributed by atoms with Gasteiger partial charge in [0.15, 0.2) is 0 Å². The maximum Gasteiger partial charge on any atom is 0.225 e. The van der Waals surface area contributed by atoms with Gasteiger partial charge in [-0.15, -0.1) is 0 Å². The molecule has 1 amide bonds. The van der Waals surface area contributed by atoms with Crippen LogP contribution in [0.25, 0.3) is 10.9 Å². The molecule has 2 aliphatic rings.